The molecule has 8 nitrogen and oxygen atoms in total. The van der Waals surface area contributed by atoms with Gasteiger partial charge in [0, 0.05) is 13.3 Å². The molecule has 1 aromatic heterocycles. The van der Waals surface area contributed by atoms with E-state index in [1.807, 2.05) is 0 Å². The number of ether oxygens (including phenoxy) is 2. The fourth-order valence-corrected chi connectivity index (χ4v) is 1.29. The summed E-state index contributed by atoms with van der Waals surface area (Å²) in [6, 6.07) is -0.794. The third-order valence-corrected chi connectivity index (χ3v) is 2.02. The lowest BCUT2D eigenvalue weighted by molar-refractivity contribution is 0.0527. The molecule has 1 rings (SSSR count). The van der Waals surface area contributed by atoms with Crippen molar-refractivity contribution in [2.45, 2.75) is 13.5 Å². The molecule has 2 amide bonds. The van der Waals surface area contributed by atoms with Crippen LogP contribution in [-0.2, 0) is 16.0 Å². The summed E-state index contributed by atoms with van der Waals surface area (Å²) in [5, 5.41) is 6.29. The number of primary amides is 1. The summed E-state index contributed by atoms with van der Waals surface area (Å²) in [5.41, 5.74) is 5.16. The third-order valence-electron chi connectivity index (χ3n) is 2.02. The lowest BCUT2D eigenvalue weighted by Gasteiger charge is -2.01. The molecule has 0 aromatic carbocycles. The summed E-state index contributed by atoms with van der Waals surface area (Å²) in [4.78, 5) is 22.4. The van der Waals surface area contributed by atoms with E-state index in [1.165, 1.54) is 10.9 Å². The normalized spacial score (nSPS) is 10.1. The molecule has 18 heavy (non-hydrogen) atoms. The Bertz CT molecular complexity index is 430. The molecule has 0 bridgehead atoms. The van der Waals surface area contributed by atoms with E-state index in [-0.39, 0.29) is 18.0 Å². The first kappa shape index (κ1) is 14.0. The largest absolute Gasteiger partial charge is 0.462 e. The molecule has 0 aliphatic heterocycles. The van der Waals surface area contributed by atoms with Crippen LogP contribution in [0.5, 0.6) is 0 Å². The summed E-state index contributed by atoms with van der Waals surface area (Å²) in [7, 11) is 1.55. The van der Waals surface area contributed by atoms with Crippen LogP contribution in [0.1, 0.15) is 17.3 Å². The van der Waals surface area contributed by atoms with Gasteiger partial charge >= 0.3 is 12.0 Å². The van der Waals surface area contributed by atoms with Crippen LogP contribution in [0.2, 0.25) is 0 Å². The zero-order valence-corrected chi connectivity index (χ0v) is 10.3. The number of rotatable bonds is 6. The molecule has 0 unspecified atom stereocenters. The Morgan fingerprint density at radius 2 is 2.28 bits per heavy atom. The molecule has 0 atom stereocenters. The molecular weight excluding hydrogens is 240 g/mol. The number of hydrogen-bond acceptors (Lipinski definition) is 5. The van der Waals surface area contributed by atoms with E-state index in [0.29, 0.717) is 13.2 Å². The number of amides is 2. The number of carbonyl (C=O) groups excluding carboxylic acids is 2. The van der Waals surface area contributed by atoms with Crippen LogP contribution < -0.4 is 11.1 Å². The first-order valence-electron chi connectivity index (χ1n) is 5.38. The number of nitrogens with zero attached hydrogens (tertiary/aromatic N) is 2. The lowest BCUT2D eigenvalue weighted by atomic mass is 10.3. The molecule has 0 saturated carbocycles. The fourth-order valence-electron chi connectivity index (χ4n) is 1.29. The van der Waals surface area contributed by atoms with E-state index >= 15 is 0 Å². The van der Waals surface area contributed by atoms with Gasteiger partial charge in [-0.3, -0.25) is 10.00 Å². The van der Waals surface area contributed by atoms with Gasteiger partial charge in [0.25, 0.3) is 0 Å². The lowest BCUT2D eigenvalue weighted by Crippen LogP contribution is -2.21. The standard InChI is InChI=1S/C10H16N4O4/c1-3-18-9(15)7-6-14(4-5-17-2)13-8(7)12-10(11)16/h6H,3-5H2,1-2H3,(H3,11,12,13,16). The Morgan fingerprint density at radius 3 is 2.83 bits per heavy atom. The quantitative estimate of drug-likeness (QED) is 0.706. The average molecular weight is 256 g/mol. The molecule has 1 aromatic rings. The van der Waals surface area contributed by atoms with Gasteiger partial charge in [-0.1, -0.05) is 0 Å². The van der Waals surface area contributed by atoms with Gasteiger partial charge in [-0.05, 0) is 6.92 Å². The molecular formula is C10H16N4O4. The van der Waals surface area contributed by atoms with E-state index < -0.39 is 12.0 Å². The molecule has 8 heteroatoms. The Hall–Kier alpha value is -2.09. The van der Waals surface area contributed by atoms with Crippen LogP contribution in [0.3, 0.4) is 0 Å². The van der Waals surface area contributed by atoms with Crippen LogP contribution >= 0.6 is 0 Å². The maximum Gasteiger partial charge on any atom is 0.343 e. The van der Waals surface area contributed by atoms with Crippen molar-refractivity contribution >= 4 is 17.8 Å². The monoisotopic (exact) mass is 256 g/mol. The second kappa shape index (κ2) is 6.60. The molecule has 0 aliphatic carbocycles. The molecule has 100 valence electrons. The number of methoxy groups -OCH3 is 1. The Kier molecular flexibility index (Phi) is 5.12. The van der Waals surface area contributed by atoms with Crippen molar-refractivity contribution in [3.05, 3.63) is 11.8 Å². The third kappa shape index (κ3) is 3.74. The van der Waals surface area contributed by atoms with Crippen LogP contribution in [-0.4, -0.2) is 42.1 Å². The summed E-state index contributed by atoms with van der Waals surface area (Å²) in [6.45, 7) is 2.80. The van der Waals surface area contributed by atoms with Gasteiger partial charge in [0.1, 0.15) is 5.56 Å². The van der Waals surface area contributed by atoms with Crippen LogP contribution in [0.4, 0.5) is 10.6 Å². The second-order valence-corrected chi connectivity index (χ2v) is 3.36. The molecule has 0 spiro atoms. The van der Waals surface area contributed by atoms with E-state index in [1.54, 1.807) is 14.0 Å². The maximum atomic E-state index is 11.6. The van der Waals surface area contributed by atoms with Gasteiger partial charge in [0.05, 0.1) is 19.8 Å². The minimum Gasteiger partial charge on any atom is -0.462 e. The fraction of sp³-hybridized carbons (Fsp3) is 0.500. The van der Waals surface area contributed by atoms with E-state index in [2.05, 4.69) is 10.4 Å². The minimum atomic E-state index is -0.794. The second-order valence-electron chi connectivity index (χ2n) is 3.36. The molecule has 1 heterocycles. The van der Waals surface area contributed by atoms with Gasteiger partial charge < -0.3 is 15.2 Å². The van der Waals surface area contributed by atoms with Gasteiger partial charge in [0.2, 0.25) is 0 Å². The highest BCUT2D eigenvalue weighted by Crippen LogP contribution is 2.14. The minimum absolute atomic E-state index is 0.0806. The summed E-state index contributed by atoms with van der Waals surface area (Å²) < 4.78 is 11.2. The zero-order valence-electron chi connectivity index (χ0n) is 10.3. The van der Waals surface area contributed by atoms with Crippen LogP contribution in [0, 0.1) is 0 Å². The van der Waals surface area contributed by atoms with Crippen molar-refractivity contribution < 1.29 is 19.1 Å². The van der Waals surface area contributed by atoms with Gasteiger partial charge in [-0.2, -0.15) is 5.10 Å². The molecule has 3 N–H and O–H groups in total. The number of nitrogens with one attached hydrogen (secondary N) is 1. The highest BCUT2D eigenvalue weighted by molar-refractivity contribution is 5.99. The predicted octanol–water partition coefficient (Wildman–Crippen LogP) is 0.197. The predicted molar refractivity (Wildman–Crippen MR) is 63.3 cm³/mol. The highest BCUT2D eigenvalue weighted by atomic mass is 16.5. The number of anilines is 1. The van der Waals surface area contributed by atoms with Crippen molar-refractivity contribution in [3.8, 4) is 0 Å². The van der Waals surface area contributed by atoms with Crippen molar-refractivity contribution in [2.75, 3.05) is 25.6 Å². The van der Waals surface area contributed by atoms with Gasteiger partial charge in [-0.25, -0.2) is 9.59 Å². The summed E-state index contributed by atoms with van der Waals surface area (Å²) >= 11 is 0. The van der Waals surface area contributed by atoms with Crippen molar-refractivity contribution in [1.29, 1.82) is 0 Å². The average Bonchev–Trinajstić information content (AvgIpc) is 2.69. The van der Waals surface area contributed by atoms with E-state index in [9.17, 15) is 9.59 Å². The van der Waals surface area contributed by atoms with Crippen molar-refractivity contribution in [3.63, 3.8) is 0 Å². The number of hydrogen-bond donors (Lipinski definition) is 2. The maximum absolute atomic E-state index is 11.6. The number of aromatic nitrogens is 2. The van der Waals surface area contributed by atoms with Crippen LogP contribution in [0.25, 0.3) is 0 Å². The summed E-state index contributed by atoms with van der Waals surface area (Å²) in [6.07, 6.45) is 1.47. The Labute approximate surface area is 104 Å². The molecule has 0 saturated heterocycles. The highest BCUT2D eigenvalue weighted by Gasteiger charge is 2.18. The number of esters is 1. The van der Waals surface area contributed by atoms with E-state index in [0.717, 1.165) is 0 Å². The zero-order chi connectivity index (χ0) is 13.5. The SMILES string of the molecule is CCOC(=O)c1cn(CCOC)nc1NC(N)=O. The first-order chi connectivity index (χ1) is 8.58. The first-order valence-corrected chi connectivity index (χ1v) is 5.38. The van der Waals surface area contributed by atoms with Crippen molar-refractivity contribution in [2.24, 2.45) is 5.73 Å². The van der Waals surface area contributed by atoms with Gasteiger partial charge in [0.15, 0.2) is 5.82 Å². The van der Waals surface area contributed by atoms with Gasteiger partial charge in [-0.15, -0.1) is 0 Å². The summed E-state index contributed by atoms with van der Waals surface area (Å²) in [5.74, 6) is -0.484. The molecule has 0 radical (unpaired) electrons. The van der Waals surface area contributed by atoms with E-state index in [4.69, 9.17) is 15.2 Å². The Balaban J connectivity index is 2.92. The number of nitrogens with two attached hydrogens (primary N) is 1. The Morgan fingerprint density at radius 1 is 1.56 bits per heavy atom. The molecule has 0 aliphatic rings. The van der Waals surface area contributed by atoms with Crippen LogP contribution in [0.15, 0.2) is 6.20 Å². The molecule has 0 fully saturated rings. The number of carbonyl (C=O) groups is 2. The van der Waals surface area contributed by atoms with Crippen molar-refractivity contribution in [1.82, 2.24) is 9.78 Å². The number of urea groups is 1. The topological polar surface area (TPSA) is 108 Å². The smallest absolute Gasteiger partial charge is 0.343 e.